The summed E-state index contributed by atoms with van der Waals surface area (Å²) in [5.74, 6) is -0.356. The van der Waals surface area contributed by atoms with Gasteiger partial charge in [0.15, 0.2) is 0 Å². The molecule has 0 heterocycles. The topological polar surface area (TPSA) is 12.0 Å². The van der Waals surface area contributed by atoms with Crippen LogP contribution >= 0.6 is 11.6 Å². The van der Waals surface area contributed by atoms with Crippen molar-refractivity contribution in [1.82, 2.24) is 5.32 Å². The molecular weight excluding hydrogens is 225 g/mol. The lowest BCUT2D eigenvalue weighted by Gasteiger charge is -2.19. The van der Waals surface area contributed by atoms with Crippen LogP contribution in [0.15, 0.2) is 30.4 Å². The van der Waals surface area contributed by atoms with Crippen LogP contribution in [0.1, 0.15) is 24.8 Å². The molecule has 0 saturated heterocycles. The number of benzene rings is 1. The molecule has 16 heavy (non-hydrogen) atoms. The van der Waals surface area contributed by atoms with Crippen LogP contribution in [0.4, 0.5) is 4.39 Å². The molecule has 86 valence electrons. The van der Waals surface area contributed by atoms with Gasteiger partial charge in [-0.15, -0.1) is 0 Å². The Morgan fingerprint density at radius 2 is 2.25 bits per heavy atom. The maximum absolute atomic E-state index is 12.9. The predicted octanol–water partition coefficient (Wildman–Crippen LogP) is 3.68. The van der Waals surface area contributed by atoms with Gasteiger partial charge in [0.25, 0.3) is 0 Å². The molecule has 0 bridgehead atoms. The molecule has 1 aromatic rings. The van der Waals surface area contributed by atoms with Gasteiger partial charge < -0.3 is 5.32 Å². The molecule has 0 amide bonds. The molecule has 1 atom stereocenters. The van der Waals surface area contributed by atoms with Crippen molar-refractivity contribution in [2.24, 2.45) is 0 Å². The van der Waals surface area contributed by atoms with Gasteiger partial charge in [-0.3, -0.25) is 0 Å². The molecule has 2 rings (SSSR count). The third-order valence-electron chi connectivity index (χ3n) is 2.85. The molecule has 1 unspecified atom stereocenters. The molecule has 3 heteroatoms. The molecule has 0 saturated carbocycles. The van der Waals surface area contributed by atoms with Gasteiger partial charge in [0, 0.05) is 12.6 Å². The minimum atomic E-state index is -0.356. The van der Waals surface area contributed by atoms with Crippen molar-refractivity contribution in [3.8, 4) is 0 Å². The van der Waals surface area contributed by atoms with E-state index in [4.69, 9.17) is 11.6 Å². The van der Waals surface area contributed by atoms with E-state index in [9.17, 15) is 4.39 Å². The fourth-order valence-corrected chi connectivity index (χ4v) is 2.09. The zero-order valence-corrected chi connectivity index (χ0v) is 9.80. The van der Waals surface area contributed by atoms with Gasteiger partial charge in [-0.2, -0.15) is 0 Å². The van der Waals surface area contributed by atoms with E-state index in [0.29, 0.717) is 6.04 Å². The fourth-order valence-electron chi connectivity index (χ4n) is 1.89. The van der Waals surface area contributed by atoms with Crippen LogP contribution < -0.4 is 5.32 Å². The van der Waals surface area contributed by atoms with Gasteiger partial charge in [0.05, 0.1) is 5.02 Å². The van der Waals surface area contributed by atoms with Crippen molar-refractivity contribution in [1.29, 1.82) is 0 Å². The van der Waals surface area contributed by atoms with E-state index in [1.165, 1.54) is 12.5 Å². The number of nitrogens with one attached hydrogen (secondary N) is 1. The molecule has 0 aromatic heterocycles. The Labute approximate surface area is 100 Å². The van der Waals surface area contributed by atoms with Crippen LogP contribution in [-0.4, -0.2) is 6.04 Å². The summed E-state index contributed by atoms with van der Waals surface area (Å²) in [5.41, 5.74) is 1.03. The van der Waals surface area contributed by atoms with Crippen LogP contribution in [0.2, 0.25) is 5.02 Å². The monoisotopic (exact) mass is 239 g/mol. The third-order valence-corrected chi connectivity index (χ3v) is 3.14. The SMILES string of the molecule is Fc1ccc(CNC2CC=CCC2)cc1Cl. The number of allylic oxidation sites excluding steroid dienone is 1. The van der Waals surface area contributed by atoms with Crippen LogP contribution in [0.3, 0.4) is 0 Å². The molecular formula is C13H15ClFN. The summed E-state index contributed by atoms with van der Waals surface area (Å²) in [5, 5.41) is 3.65. The standard InChI is InChI=1S/C13H15ClFN/c14-12-8-10(6-7-13(12)15)9-16-11-4-2-1-3-5-11/h1-2,6-8,11,16H,3-5,9H2. The molecule has 0 fully saturated rings. The first kappa shape index (κ1) is 11.6. The molecule has 1 aliphatic carbocycles. The smallest absolute Gasteiger partial charge is 0.141 e. The lowest BCUT2D eigenvalue weighted by Crippen LogP contribution is -2.29. The van der Waals surface area contributed by atoms with Gasteiger partial charge in [-0.05, 0) is 37.0 Å². The van der Waals surface area contributed by atoms with E-state index in [2.05, 4.69) is 17.5 Å². The number of halogens is 2. The molecule has 0 aliphatic heterocycles. The summed E-state index contributed by atoms with van der Waals surface area (Å²) in [6, 6.07) is 5.41. The Morgan fingerprint density at radius 3 is 2.94 bits per heavy atom. The number of rotatable bonds is 3. The average molecular weight is 240 g/mol. The average Bonchev–Trinajstić information content (AvgIpc) is 2.32. The Hall–Kier alpha value is -0.860. The molecule has 0 spiro atoms. The van der Waals surface area contributed by atoms with Crippen molar-refractivity contribution in [2.45, 2.75) is 31.8 Å². The maximum Gasteiger partial charge on any atom is 0.141 e. The zero-order valence-electron chi connectivity index (χ0n) is 9.05. The molecule has 1 aromatic carbocycles. The van der Waals surface area contributed by atoms with Gasteiger partial charge in [0.2, 0.25) is 0 Å². The van der Waals surface area contributed by atoms with E-state index in [1.807, 2.05) is 0 Å². The largest absolute Gasteiger partial charge is 0.310 e. The summed E-state index contributed by atoms with van der Waals surface area (Å²) in [6.45, 7) is 0.749. The van der Waals surface area contributed by atoms with Gasteiger partial charge in [-0.1, -0.05) is 29.8 Å². The van der Waals surface area contributed by atoms with Crippen molar-refractivity contribution in [3.63, 3.8) is 0 Å². The van der Waals surface area contributed by atoms with E-state index >= 15 is 0 Å². The maximum atomic E-state index is 12.9. The highest BCUT2D eigenvalue weighted by molar-refractivity contribution is 6.30. The molecule has 1 N–H and O–H groups in total. The van der Waals surface area contributed by atoms with Crippen molar-refractivity contribution in [3.05, 3.63) is 46.8 Å². The van der Waals surface area contributed by atoms with Crippen LogP contribution in [0.5, 0.6) is 0 Å². The van der Waals surface area contributed by atoms with E-state index in [-0.39, 0.29) is 10.8 Å². The molecule has 0 radical (unpaired) electrons. The van der Waals surface area contributed by atoms with Crippen molar-refractivity contribution in [2.75, 3.05) is 0 Å². The Balaban J connectivity index is 1.89. The first-order valence-electron chi connectivity index (χ1n) is 5.58. The number of hydrogen-bond donors (Lipinski definition) is 1. The van der Waals surface area contributed by atoms with Gasteiger partial charge in [-0.25, -0.2) is 4.39 Å². The second kappa shape index (κ2) is 5.46. The summed E-state index contributed by atoms with van der Waals surface area (Å²) >= 11 is 5.72. The van der Waals surface area contributed by atoms with Gasteiger partial charge >= 0.3 is 0 Å². The first-order valence-corrected chi connectivity index (χ1v) is 5.96. The molecule has 1 nitrogen and oxygen atoms in total. The highest BCUT2D eigenvalue weighted by Gasteiger charge is 2.09. The lowest BCUT2D eigenvalue weighted by atomic mass is 10.0. The Kier molecular flexibility index (Phi) is 3.97. The minimum Gasteiger partial charge on any atom is -0.310 e. The summed E-state index contributed by atoms with van der Waals surface area (Å²) in [7, 11) is 0. The van der Waals surface area contributed by atoms with Crippen LogP contribution in [0, 0.1) is 5.82 Å². The second-order valence-corrected chi connectivity index (χ2v) is 4.52. The summed E-state index contributed by atoms with van der Waals surface area (Å²) in [4.78, 5) is 0. The summed E-state index contributed by atoms with van der Waals surface area (Å²) in [6.07, 6.45) is 7.81. The highest BCUT2D eigenvalue weighted by Crippen LogP contribution is 2.17. The van der Waals surface area contributed by atoms with E-state index < -0.39 is 0 Å². The van der Waals surface area contributed by atoms with Crippen LogP contribution in [-0.2, 0) is 6.54 Å². The summed E-state index contributed by atoms with van der Waals surface area (Å²) < 4.78 is 12.9. The quantitative estimate of drug-likeness (QED) is 0.794. The third kappa shape index (κ3) is 3.06. The minimum absolute atomic E-state index is 0.197. The first-order chi connectivity index (χ1) is 7.75. The van der Waals surface area contributed by atoms with Crippen molar-refractivity contribution < 1.29 is 4.39 Å². The zero-order chi connectivity index (χ0) is 11.4. The number of hydrogen-bond acceptors (Lipinski definition) is 1. The van der Waals surface area contributed by atoms with E-state index in [1.54, 1.807) is 12.1 Å². The predicted molar refractivity (Wildman–Crippen MR) is 65.0 cm³/mol. The lowest BCUT2D eigenvalue weighted by molar-refractivity contribution is 0.474. The van der Waals surface area contributed by atoms with Gasteiger partial charge in [0.1, 0.15) is 5.82 Å². The Bertz CT molecular complexity index is 390. The highest BCUT2D eigenvalue weighted by atomic mass is 35.5. The second-order valence-electron chi connectivity index (χ2n) is 4.11. The molecule has 1 aliphatic rings. The van der Waals surface area contributed by atoms with Crippen LogP contribution in [0.25, 0.3) is 0 Å². The normalized spacial score (nSPS) is 20.0. The van der Waals surface area contributed by atoms with Crippen molar-refractivity contribution >= 4 is 11.6 Å². The Morgan fingerprint density at radius 1 is 1.38 bits per heavy atom. The fraction of sp³-hybridized carbons (Fsp3) is 0.385. The van der Waals surface area contributed by atoms with E-state index in [0.717, 1.165) is 24.9 Å².